The summed E-state index contributed by atoms with van der Waals surface area (Å²) in [6, 6.07) is 15.3. The van der Waals surface area contributed by atoms with Gasteiger partial charge in [0.05, 0.1) is 20.3 Å². The van der Waals surface area contributed by atoms with E-state index in [9.17, 15) is 0 Å². The van der Waals surface area contributed by atoms with E-state index in [4.69, 9.17) is 14.2 Å². The molecule has 1 saturated heterocycles. The molecule has 1 heterocycles. The van der Waals surface area contributed by atoms with E-state index < -0.39 is 0 Å². The molecule has 4 nitrogen and oxygen atoms in total. The standard InChI is InChI=1S/C23H31NO3/c1-4-15-27-22-13-8-18(16-23(22)26-5-2)17-24-14-6-7-21(24)19-9-11-20(25-3)12-10-19/h8-13,16,21H,4-7,14-15,17H2,1-3H3/t21-/m1/s1. The summed E-state index contributed by atoms with van der Waals surface area (Å²) in [7, 11) is 1.71. The molecule has 2 aromatic carbocycles. The smallest absolute Gasteiger partial charge is 0.161 e. The van der Waals surface area contributed by atoms with Gasteiger partial charge in [0, 0.05) is 12.6 Å². The Labute approximate surface area is 163 Å². The second kappa shape index (κ2) is 9.65. The third-order valence-corrected chi connectivity index (χ3v) is 5.02. The van der Waals surface area contributed by atoms with Gasteiger partial charge in [0.25, 0.3) is 0 Å². The molecule has 0 N–H and O–H groups in total. The Morgan fingerprint density at radius 3 is 2.52 bits per heavy atom. The molecular formula is C23H31NO3. The Hall–Kier alpha value is -2.20. The van der Waals surface area contributed by atoms with E-state index in [0.29, 0.717) is 19.3 Å². The van der Waals surface area contributed by atoms with Crippen molar-refractivity contribution < 1.29 is 14.2 Å². The number of benzene rings is 2. The van der Waals surface area contributed by atoms with Gasteiger partial charge in [-0.15, -0.1) is 0 Å². The van der Waals surface area contributed by atoms with Crippen LogP contribution < -0.4 is 14.2 Å². The quantitative estimate of drug-likeness (QED) is 0.606. The van der Waals surface area contributed by atoms with E-state index in [1.165, 1.54) is 24.0 Å². The molecule has 0 amide bonds. The molecule has 0 aromatic heterocycles. The Bertz CT molecular complexity index is 714. The fourth-order valence-electron chi connectivity index (χ4n) is 3.70. The predicted molar refractivity (Wildman–Crippen MR) is 109 cm³/mol. The van der Waals surface area contributed by atoms with E-state index in [1.54, 1.807) is 7.11 Å². The fourth-order valence-corrected chi connectivity index (χ4v) is 3.70. The van der Waals surface area contributed by atoms with Crippen molar-refractivity contribution in [2.45, 2.75) is 45.7 Å². The number of nitrogens with zero attached hydrogens (tertiary/aromatic N) is 1. The number of methoxy groups -OCH3 is 1. The Balaban J connectivity index is 1.73. The minimum absolute atomic E-state index is 0.461. The van der Waals surface area contributed by atoms with Crippen molar-refractivity contribution in [1.82, 2.24) is 4.90 Å². The second-order valence-corrected chi connectivity index (χ2v) is 6.96. The highest BCUT2D eigenvalue weighted by Crippen LogP contribution is 2.35. The first-order chi connectivity index (χ1) is 13.2. The molecular weight excluding hydrogens is 338 g/mol. The van der Waals surface area contributed by atoms with Crippen LogP contribution in [0.15, 0.2) is 42.5 Å². The summed E-state index contributed by atoms with van der Waals surface area (Å²) in [6.45, 7) is 7.52. The number of hydrogen-bond donors (Lipinski definition) is 0. The van der Waals surface area contributed by atoms with Crippen molar-refractivity contribution in [3.63, 3.8) is 0 Å². The molecule has 0 aliphatic carbocycles. The Morgan fingerprint density at radius 2 is 1.81 bits per heavy atom. The molecule has 1 atom stereocenters. The van der Waals surface area contributed by atoms with Gasteiger partial charge in [0.15, 0.2) is 11.5 Å². The number of rotatable bonds is 9. The highest BCUT2D eigenvalue weighted by atomic mass is 16.5. The van der Waals surface area contributed by atoms with E-state index in [0.717, 1.165) is 36.8 Å². The lowest BCUT2D eigenvalue weighted by Crippen LogP contribution is -2.22. The zero-order chi connectivity index (χ0) is 19.1. The molecule has 146 valence electrons. The van der Waals surface area contributed by atoms with Gasteiger partial charge in [-0.1, -0.05) is 25.1 Å². The summed E-state index contributed by atoms with van der Waals surface area (Å²) in [4.78, 5) is 2.56. The largest absolute Gasteiger partial charge is 0.497 e. The summed E-state index contributed by atoms with van der Waals surface area (Å²) in [5.74, 6) is 2.60. The molecule has 4 heteroatoms. The van der Waals surface area contributed by atoms with Crippen LogP contribution in [-0.2, 0) is 6.54 Å². The van der Waals surface area contributed by atoms with Crippen LogP contribution in [0, 0.1) is 0 Å². The predicted octanol–water partition coefficient (Wildman–Crippen LogP) is 5.22. The van der Waals surface area contributed by atoms with Crippen molar-refractivity contribution in [3.8, 4) is 17.2 Å². The topological polar surface area (TPSA) is 30.9 Å². The maximum atomic E-state index is 5.83. The van der Waals surface area contributed by atoms with Crippen LogP contribution in [0.3, 0.4) is 0 Å². The zero-order valence-corrected chi connectivity index (χ0v) is 16.7. The summed E-state index contributed by atoms with van der Waals surface area (Å²) < 4.78 is 16.9. The van der Waals surface area contributed by atoms with E-state index in [-0.39, 0.29) is 0 Å². The molecule has 2 aromatic rings. The van der Waals surface area contributed by atoms with Gasteiger partial charge >= 0.3 is 0 Å². The molecule has 0 unspecified atom stereocenters. The molecule has 1 fully saturated rings. The van der Waals surface area contributed by atoms with Crippen molar-refractivity contribution in [2.24, 2.45) is 0 Å². The summed E-state index contributed by atoms with van der Waals surface area (Å²) in [5.41, 5.74) is 2.63. The number of ether oxygens (including phenoxy) is 3. The first-order valence-electron chi connectivity index (χ1n) is 10.0. The Kier molecular flexibility index (Phi) is 6.99. The average Bonchev–Trinajstić information content (AvgIpc) is 3.16. The lowest BCUT2D eigenvalue weighted by molar-refractivity contribution is 0.246. The summed E-state index contributed by atoms with van der Waals surface area (Å²) in [6.07, 6.45) is 3.42. The van der Waals surface area contributed by atoms with Crippen LogP contribution in [0.4, 0.5) is 0 Å². The Morgan fingerprint density at radius 1 is 1.00 bits per heavy atom. The van der Waals surface area contributed by atoms with Crippen molar-refractivity contribution >= 4 is 0 Å². The monoisotopic (exact) mass is 369 g/mol. The van der Waals surface area contributed by atoms with E-state index in [1.807, 2.05) is 6.92 Å². The fraction of sp³-hybridized carbons (Fsp3) is 0.478. The van der Waals surface area contributed by atoms with Crippen molar-refractivity contribution in [2.75, 3.05) is 26.9 Å². The lowest BCUT2D eigenvalue weighted by Gasteiger charge is -2.25. The van der Waals surface area contributed by atoms with E-state index >= 15 is 0 Å². The third kappa shape index (κ3) is 4.95. The van der Waals surface area contributed by atoms with Crippen molar-refractivity contribution in [1.29, 1.82) is 0 Å². The van der Waals surface area contributed by atoms with Gasteiger partial charge in [-0.25, -0.2) is 0 Å². The van der Waals surface area contributed by atoms with Gasteiger partial charge in [-0.05, 0) is 68.1 Å². The van der Waals surface area contributed by atoms with Gasteiger partial charge in [0.1, 0.15) is 5.75 Å². The molecule has 0 spiro atoms. The maximum absolute atomic E-state index is 5.83. The van der Waals surface area contributed by atoms with Gasteiger partial charge < -0.3 is 14.2 Å². The molecule has 0 radical (unpaired) electrons. The summed E-state index contributed by atoms with van der Waals surface area (Å²) >= 11 is 0. The van der Waals surface area contributed by atoms with Crippen LogP contribution in [-0.4, -0.2) is 31.8 Å². The second-order valence-electron chi connectivity index (χ2n) is 6.96. The van der Waals surface area contributed by atoms with Crippen LogP contribution in [0.2, 0.25) is 0 Å². The number of hydrogen-bond acceptors (Lipinski definition) is 4. The first-order valence-corrected chi connectivity index (χ1v) is 10.0. The molecule has 1 aliphatic rings. The molecule has 0 bridgehead atoms. The normalized spacial score (nSPS) is 17.1. The summed E-state index contributed by atoms with van der Waals surface area (Å²) in [5, 5.41) is 0. The molecule has 3 rings (SSSR count). The minimum Gasteiger partial charge on any atom is -0.497 e. The van der Waals surface area contributed by atoms with Crippen LogP contribution in [0.5, 0.6) is 17.2 Å². The average molecular weight is 370 g/mol. The van der Waals surface area contributed by atoms with Crippen LogP contribution in [0.25, 0.3) is 0 Å². The molecule has 0 saturated carbocycles. The van der Waals surface area contributed by atoms with E-state index in [2.05, 4.69) is 54.3 Å². The van der Waals surface area contributed by atoms with Crippen molar-refractivity contribution in [3.05, 3.63) is 53.6 Å². The highest BCUT2D eigenvalue weighted by molar-refractivity contribution is 5.43. The molecule has 27 heavy (non-hydrogen) atoms. The minimum atomic E-state index is 0.461. The lowest BCUT2D eigenvalue weighted by atomic mass is 10.0. The highest BCUT2D eigenvalue weighted by Gasteiger charge is 2.26. The SMILES string of the molecule is CCCOc1ccc(CN2CCC[C@@H]2c2ccc(OC)cc2)cc1OCC. The van der Waals surface area contributed by atoms with Crippen LogP contribution >= 0.6 is 0 Å². The maximum Gasteiger partial charge on any atom is 0.161 e. The zero-order valence-electron chi connectivity index (χ0n) is 16.7. The van der Waals surface area contributed by atoms with Gasteiger partial charge in [0.2, 0.25) is 0 Å². The van der Waals surface area contributed by atoms with Crippen LogP contribution in [0.1, 0.15) is 50.3 Å². The van der Waals surface area contributed by atoms with Gasteiger partial charge in [-0.3, -0.25) is 4.90 Å². The molecule has 1 aliphatic heterocycles. The first kappa shape index (κ1) is 19.6. The van der Waals surface area contributed by atoms with Gasteiger partial charge in [-0.2, -0.15) is 0 Å². The number of likely N-dealkylation sites (tertiary alicyclic amines) is 1. The third-order valence-electron chi connectivity index (χ3n) is 5.02.